The maximum absolute atomic E-state index is 13.6. The number of fused-ring (bicyclic) bond motifs is 1. The molecule has 0 amide bonds. The quantitative estimate of drug-likeness (QED) is 0.248. The zero-order chi connectivity index (χ0) is 28.9. The van der Waals surface area contributed by atoms with E-state index < -0.39 is 35.1 Å². The van der Waals surface area contributed by atoms with Gasteiger partial charge in [-0.1, -0.05) is 37.3 Å². The Hall–Kier alpha value is -3.31. The third-order valence-electron chi connectivity index (χ3n) is 7.59. The summed E-state index contributed by atoms with van der Waals surface area (Å²) in [6.07, 6.45) is -8.96. The minimum atomic E-state index is -4.61. The average molecular weight is 565 g/mol. The zero-order valence-electron chi connectivity index (χ0n) is 22.3. The Bertz CT molecular complexity index is 1500. The molecule has 3 heterocycles. The molecule has 5 rings (SSSR count). The van der Waals surface area contributed by atoms with E-state index in [4.69, 9.17) is 4.74 Å². The second-order valence-electron chi connectivity index (χ2n) is 10.9. The summed E-state index contributed by atoms with van der Waals surface area (Å²) < 4.78 is 89.1. The fourth-order valence-corrected chi connectivity index (χ4v) is 5.46. The van der Waals surface area contributed by atoms with Crippen LogP contribution in [0.5, 0.6) is 0 Å². The van der Waals surface area contributed by atoms with Crippen molar-refractivity contribution in [3.63, 3.8) is 0 Å². The number of para-hydroxylation sites is 1. The molecule has 0 bridgehead atoms. The Morgan fingerprint density at radius 2 is 1.77 bits per heavy atom. The van der Waals surface area contributed by atoms with Crippen molar-refractivity contribution in [3.8, 4) is 11.1 Å². The highest BCUT2D eigenvalue weighted by molar-refractivity contribution is 5.98. The summed E-state index contributed by atoms with van der Waals surface area (Å²) in [6.45, 7) is 2.98. The molecule has 2 unspecified atom stereocenters. The van der Waals surface area contributed by atoms with Crippen LogP contribution in [0, 0.1) is 0 Å². The first kappa shape index (κ1) is 28.2. The van der Waals surface area contributed by atoms with E-state index in [0.717, 1.165) is 34.8 Å². The summed E-state index contributed by atoms with van der Waals surface area (Å²) in [5.74, 6) is 0. The molecule has 2 aromatic carbocycles. The zero-order valence-corrected chi connectivity index (χ0v) is 22.3. The number of hydrogen-bond donors (Lipinski definition) is 1. The van der Waals surface area contributed by atoms with E-state index in [1.165, 1.54) is 10.7 Å². The van der Waals surface area contributed by atoms with Crippen LogP contribution in [0.15, 0.2) is 54.6 Å². The maximum atomic E-state index is 13.6. The number of nitrogens with zero attached hydrogens (tertiary/aromatic N) is 3. The number of alkyl halides is 6. The topological polar surface area (TPSA) is 46.1 Å². The molecule has 2 atom stereocenters. The van der Waals surface area contributed by atoms with Crippen LogP contribution in [-0.2, 0) is 29.0 Å². The Labute approximate surface area is 227 Å². The van der Waals surface area contributed by atoms with Crippen LogP contribution >= 0.6 is 0 Å². The smallest absolute Gasteiger partial charge is 0.372 e. The number of ether oxygens (including phenoxy) is 1. The second-order valence-corrected chi connectivity index (χ2v) is 10.9. The number of aromatic nitrogens is 3. The van der Waals surface area contributed by atoms with Crippen LogP contribution in [0.3, 0.4) is 0 Å². The van der Waals surface area contributed by atoms with Gasteiger partial charge in [-0.15, -0.1) is 0 Å². The van der Waals surface area contributed by atoms with Crippen molar-refractivity contribution in [2.45, 2.75) is 50.2 Å². The van der Waals surface area contributed by atoms with Crippen molar-refractivity contribution in [2.24, 2.45) is 0 Å². The summed E-state index contributed by atoms with van der Waals surface area (Å²) in [7, 11) is 3.65. The van der Waals surface area contributed by atoms with Gasteiger partial charge in [-0.05, 0) is 56.8 Å². The Morgan fingerprint density at radius 3 is 2.48 bits per heavy atom. The van der Waals surface area contributed by atoms with Crippen molar-refractivity contribution in [1.82, 2.24) is 19.7 Å². The average Bonchev–Trinajstić information content (AvgIpc) is 3.50. The molecule has 1 aliphatic rings. The number of H-pyrrole nitrogens is 1. The molecule has 0 radical (unpaired) electrons. The number of halogens is 6. The highest BCUT2D eigenvalue weighted by atomic mass is 19.4. The third-order valence-corrected chi connectivity index (χ3v) is 7.59. The molecule has 0 aliphatic carbocycles. The highest BCUT2D eigenvalue weighted by Crippen LogP contribution is 2.48. The molecule has 5 nitrogen and oxygen atoms in total. The van der Waals surface area contributed by atoms with E-state index in [1.807, 2.05) is 50.2 Å². The largest absolute Gasteiger partial charge is 0.435 e. The molecule has 214 valence electrons. The number of hydrogen-bond acceptors (Lipinski definition) is 3. The number of aromatic amines is 1. The van der Waals surface area contributed by atoms with Crippen LogP contribution in [0.1, 0.15) is 48.5 Å². The molecule has 1 aliphatic heterocycles. The molecule has 1 saturated heterocycles. The lowest BCUT2D eigenvalue weighted by Crippen LogP contribution is -2.34. The monoisotopic (exact) mass is 564 g/mol. The maximum Gasteiger partial charge on any atom is 0.435 e. The number of likely N-dealkylation sites (N-methyl/N-ethyl adjacent to an activating group) is 1. The van der Waals surface area contributed by atoms with Crippen LogP contribution in [-0.4, -0.2) is 46.9 Å². The molecule has 0 saturated carbocycles. The summed E-state index contributed by atoms with van der Waals surface area (Å²) >= 11 is 0. The molecule has 2 aromatic heterocycles. The minimum absolute atomic E-state index is 0.247. The van der Waals surface area contributed by atoms with E-state index in [2.05, 4.69) is 10.1 Å². The summed E-state index contributed by atoms with van der Waals surface area (Å²) in [5.41, 5.74) is 0.538. The van der Waals surface area contributed by atoms with Gasteiger partial charge in [0.1, 0.15) is 6.10 Å². The van der Waals surface area contributed by atoms with E-state index >= 15 is 0 Å². The van der Waals surface area contributed by atoms with Gasteiger partial charge in [0.15, 0.2) is 5.69 Å². The normalized spacial score (nSPS) is 20.5. The van der Waals surface area contributed by atoms with Gasteiger partial charge in [0, 0.05) is 40.7 Å². The van der Waals surface area contributed by atoms with Gasteiger partial charge in [0.2, 0.25) is 0 Å². The Morgan fingerprint density at radius 1 is 1.02 bits per heavy atom. The van der Waals surface area contributed by atoms with Crippen LogP contribution < -0.4 is 0 Å². The first-order valence-electron chi connectivity index (χ1n) is 13.0. The number of nitrogens with one attached hydrogen (secondary N) is 1. The van der Waals surface area contributed by atoms with Gasteiger partial charge in [-0.3, -0.25) is 4.68 Å². The molecule has 1 N–H and O–H groups in total. The second kappa shape index (κ2) is 10.3. The fourth-order valence-electron chi connectivity index (χ4n) is 5.46. The predicted molar refractivity (Wildman–Crippen MR) is 140 cm³/mol. The van der Waals surface area contributed by atoms with Crippen LogP contribution in [0.2, 0.25) is 0 Å². The fraction of sp³-hybridized carbons (Fsp3) is 0.414. The lowest BCUT2D eigenvalue weighted by atomic mass is 9.74. The summed E-state index contributed by atoms with van der Waals surface area (Å²) in [4.78, 5) is 5.30. The van der Waals surface area contributed by atoms with Gasteiger partial charge in [0.05, 0.1) is 17.8 Å². The first-order valence-corrected chi connectivity index (χ1v) is 13.0. The van der Waals surface area contributed by atoms with Gasteiger partial charge < -0.3 is 14.6 Å². The molecule has 0 spiro atoms. The predicted octanol–water partition coefficient (Wildman–Crippen LogP) is 7.44. The Balaban J connectivity index is 1.59. The van der Waals surface area contributed by atoms with Gasteiger partial charge in [0.25, 0.3) is 0 Å². The van der Waals surface area contributed by atoms with Crippen LogP contribution in [0.25, 0.3) is 22.0 Å². The summed E-state index contributed by atoms with van der Waals surface area (Å²) in [5, 5.41) is 4.63. The van der Waals surface area contributed by atoms with E-state index in [9.17, 15) is 26.3 Å². The van der Waals surface area contributed by atoms with Crippen molar-refractivity contribution >= 4 is 10.9 Å². The SMILES string of the molecule is CN(C)CCn1nc(C(F)(F)F)cc1C1CC(C)(c2[nH]c3ccccc3c2-c2cccc(C(F)(F)F)c2)CCO1. The van der Waals surface area contributed by atoms with E-state index in [0.29, 0.717) is 36.2 Å². The van der Waals surface area contributed by atoms with Crippen LogP contribution in [0.4, 0.5) is 26.3 Å². The molecule has 4 aromatic rings. The van der Waals surface area contributed by atoms with Crippen molar-refractivity contribution < 1.29 is 31.1 Å². The summed E-state index contributed by atoms with van der Waals surface area (Å²) in [6, 6.07) is 13.7. The molecular weight excluding hydrogens is 534 g/mol. The van der Waals surface area contributed by atoms with Gasteiger partial charge in [-0.25, -0.2) is 0 Å². The molecule has 11 heteroatoms. The number of rotatable bonds is 6. The highest BCUT2D eigenvalue weighted by Gasteiger charge is 2.42. The van der Waals surface area contributed by atoms with E-state index in [-0.39, 0.29) is 13.2 Å². The lowest BCUT2D eigenvalue weighted by Gasteiger charge is -2.38. The standard InChI is InChI=1S/C29H30F6N4O/c1-27(11-14-40-23(17-27)22-16-24(29(33,34)35)37-39(22)13-12-38(2)3)26-25(20-9-4-5-10-21(20)36-26)18-7-6-8-19(15-18)28(30,31)32/h4-10,15-16,23,36H,11-14,17H2,1-3H3. The Kier molecular flexibility index (Phi) is 7.24. The molecular formula is C29H30F6N4O. The third kappa shape index (κ3) is 5.49. The van der Waals surface area contributed by atoms with Crippen molar-refractivity contribution in [3.05, 3.63) is 77.2 Å². The number of benzene rings is 2. The molecule has 40 heavy (non-hydrogen) atoms. The van der Waals surface area contributed by atoms with Crippen molar-refractivity contribution in [1.29, 1.82) is 0 Å². The lowest BCUT2D eigenvalue weighted by molar-refractivity contribution is -0.141. The minimum Gasteiger partial charge on any atom is -0.372 e. The van der Waals surface area contributed by atoms with E-state index in [1.54, 1.807) is 6.07 Å². The van der Waals surface area contributed by atoms with Gasteiger partial charge >= 0.3 is 12.4 Å². The van der Waals surface area contributed by atoms with Crippen molar-refractivity contribution in [2.75, 3.05) is 27.2 Å². The molecule has 1 fully saturated rings. The van der Waals surface area contributed by atoms with Gasteiger partial charge in [-0.2, -0.15) is 31.4 Å². The first-order chi connectivity index (χ1) is 18.8.